The second-order valence-electron chi connectivity index (χ2n) is 5.25. The summed E-state index contributed by atoms with van der Waals surface area (Å²) in [6.07, 6.45) is 5.39. The van der Waals surface area contributed by atoms with Crippen molar-refractivity contribution < 1.29 is 8.78 Å². The molecule has 2 unspecified atom stereocenters. The van der Waals surface area contributed by atoms with Crippen LogP contribution >= 0.6 is 0 Å². The van der Waals surface area contributed by atoms with Crippen molar-refractivity contribution in [2.45, 2.75) is 45.1 Å². The third kappa shape index (κ3) is 3.53. The largest absolute Gasteiger partial charge is 0.365 e. The van der Waals surface area contributed by atoms with Crippen LogP contribution in [0.25, 0.3) is 0 Å². The third-order valence-corrected chi connectivity index (χ3v) is 3.66. The highest BCUT2D eigenvalue weighted by molar-refractivity contribution is 5.47. The van der Waals surface area contributed by atoms with E-state index in [2.05, 4.69) is 22.7 Å². The number of anilines is 2. The predicted molar refractivity (Wildman–Crippen MR) is 71.6 cm³/mol. The number of nitrogens with one attached hydrogen (secondary N) is 2. The molecule has 1 fully saturated rings. The lowest BCUT2D eigenvalue weighted by molar-refractivity contribution is 0.501. The summed E-state index contributed by atoms with van der Waals surface area (Å²) in [5.41, 5.74) is 2.13. The molecule has 1 aliphatic carbocycles. The van der Waals surface area contributed by atoms with Crippen LogP contribution in [-0.2, 0) is 0 Å². The first-order valence-electron chi connectivity index (χ1n) is 6.69. The Labute approximate surface area is 111 Å². The van der Waals surface area contributed by atoms with Gasteiger partial charge in [-0.1, -0.05) is 19.8 Å². The van der Waals surface area contributed by atoms with Gasteiger partial charge < -0.3 is 10.7 Å². The molecule has 106 valence electrons. The number of nitrogens with two attached hydrogens (primary N) is 1. The Bertz CT molecular complexity index is 439. The summed E-state index contributed by atoms with van der Waals surface area (Å²) in [6, 6.07) is 0.979. The van der Waals surface area contributed by atoms with Crippen molar-refractivity contribution >= 4 is 11.6 Å². The summed E-state index contributed by atoms with van der Waals surface area (Å²) in [5, 5.41) is 3.06. The van der Waals surface area contributed by atoms with E-state index < -0.39 is 11.6 Å². The standard InChI is InChI=1S/C13H20F2N4/c1-8-3-2-4-9(6-5-8)17-12-10(14)7-11(15)13(18-12)19-16/h7-9H,2-6,16H2,1H3,(H2,17,18,19). The Balaban J connectivity index is 2.09. The highest BCUT2D eigenvalue weighted by Gasteiger charge is 2.19. The predicted octanol–water partition coefficient (Wildman–Crippen LogP) is 3.03. The fourth-order valence-corrected chi connectivity index (χ4v) is 2.49. The van der Waals surface area contributed by atoms with Gasteiger partial charge in [-0.05, 0) is 25.2 Å². The molecular formula is C13H20F2N4. The van der Waals surface area contributed by atoms with Crippen molar-refractivity contribution in [1.29, 1.82) is 0 Å². The molecule has 1 aromatic heterocycles. The Morgan fingerprint density at radius 3 is 2.63 bits per heavy atom. The number of nitrogens with zero attached hydrogens (tertiary/aromatic N) is 1. The lowest BCUT2D eigenvalue weighted by atomic mass is 10.0. The van der Waals surface area contributed by atoms with Gasteiger partial charge >= 0.3 is 0 Å². The van der Waals surface area contributed by atoms with Crippen molar-refractivity contribution in [1.82, 2.24) is 4.98 Å². The summed E-state index contributed by atoms with van der Waals surface area (Å²) in [4.78, 5) is 3.84. The molecule has 4 N–H and O–H groups in total. The van der Waals surface area contributed by atoms with E-state index in [4.69, 9.17) is 5.84 Å². The molecule has 1 aliphatic rings. The Kier molecular flexibility index (Phi) is 4.52. The molecule has 1 aromatic rings. The minimum absolute atomic E-state index is 0.0638. The molecule has 4 nitrogen and oxygen atoms in total. The lowest BCUT2D eigenvalue weighted by Crippen LogP contribution is -2.21. The molecule has 6 heteroatoms. The van der Waals surface area contributed by atoms with Gasteiger partial charge in [0.25, 0.3) is 0 Å². The quantitative estimate of drug-likeness (QED) is 0.449. The molecule has 1 heterocycles. The SMILES string of the molecule is CC1CCCC(Nc2nc(NN)c(F)cc2F)CC1. The number of hydrogen-bond acceptors (Lipinski definition) is 4. The maximum atomic E-state index is 13.7. The van der Waals surface area contributed by atoms with Crippen LogP contribution in [0.3, 0.4) is 0 Å². The summed E-state index contributed by atoms with van der Waals surface area (Å²) >= 11 is 0. The van der Waals surface area contributed by atoms with Crippen LogP contribution < -0.4 is 16.6 Å². The first kappa shape index (κ1) is 14.0. The maximum absolute atomic E-state index is 13.7. The second kappa shape index (κ2) is 6.14. The topological polar surface area (TPSA) is 63.0 Å². The van der Waals surface area contributed by atoms with E-state index in [0.717, 1.165) is 31.7 Å². The van der Waals surface area contributed by atoms with Crippen LogP contribution in [0.1, 0.15) is 39.0 Å². The van der Waals surface area contributed by atoms with Gasteiger partial charge in [0.05, 0.1) is 0 Å². The average molecular weight is 270 g/mol. The summed E-state index contributed by atoms with van der Waals surface area (Å²) in [5.74, 6) is 4.29. The first-order chi connectivity index (χ1) is 9.10. The van der Waals surface area contributed by atoms with Crippen LogP contribution in [0, 0.1) is 17.6 Å². The van der Waals surface area contributed by atoms with Gasteiger partial charge in [-0.3, -0.25) is 0 Å². The number of hydrazine groups is 1. The highest BCUT2D eigenvalue weighted by Crippen LogP contribution is 2.26. The Hall–Kier alpha value is -1.43. The monoisotopic (exact) mass is 270 g/mol. The van der Waals surface area contributed by atoms with Crippen LogP contribution in [0.5, 0.6) is 0 Å². The van der Waals surface area contributed by atoms with Crippen molar-refractivity contribution in [3.8, 4) is 0 Å². The van der Waals surface area contributed by atoms with Crippen LogP contribution in [0.4, 0.5) is 20.4 Å². The number of pyridine rings is 1. The van der Waals surface area contributed by atoms with E-state index in [1.54, 1.807) is 0 Å². The number of halogens is 2. The van der Waals surface area contributed by atoms with E-state index in [9.17, 15) is 8.78 Å². The average Bonchev–Trinajstić information content (AvgIpc) is 2.58. The molecular weight excluding hydrogens is 250 g/mol. The smallest absolute Gasteiger partial charge is 0.178 e. The van der Waals surface area contributed by atoms with Crippen LogP contribution in [0.15, 0.2) is 6.07 Å². The van der Waals surface area contributed by atoms with Crippen LogP contribution in [0.2, 0.25) is 0 Å². The van der Waals surface area contributed by atoms with Crippen molar-refractivity contribution in [3.05, 3.63) is 17.7 Å². The van der Waals surface area contributed by atoms with E-state index in [1.165, 1.54) is 6.42 Å². The zero-order valence-corrected chi connectivity index (χ0v) is 11.0. The highest BCUT2D eigenvalue weighted by atomic mass is 19.1. The minimum Gasteiger partial charge on any atom is -0.365 e. The van der Waals surface area contributed by atoms with Gasteiger partial charge in [0.15, 0.2) is 23.3 Å². The van der Waals surface area contributed by atoms with Gasteiger partial charge in [0.1, 0.15) is 0 Å². The van der Waals surface area contributed by atoms with E-state index in [-0.39, 0.29) is 17.7 Å². The Morgan fingerprint density at radius 1 is 1.16 bits per heavy atom. The van der Waals surface area contributed by atoms with Crippen molar-refractivity contribution in [2.75, 3.05) is 10.7 Å². The number of hydrogen-bond donors (Lipinski definition) is 3. The molecule has 0 spiro atoms. The molecule has 0 amide bonds. The summed E-state index contributed by atoms with van der Waals surface area (Å²) < 4.78 is 26.9. The van der Waals surface area contributed by atoms with Crippen molar-refractivity contribution in [3.63, 3.8) is 0 Å². The normalized spacial score (nSPS) is 23.8. The molecule has 0 aromatic carbocycles. The summed E-state index contributed by atoms with van der Waals surface area (Å²) in [7, 11) is 0. The van der Waals surface area contributed by atoms with Gasteiger partial charge in [-0.2, -0.15) is 0 Å². The number of aromatic nitrogens is 1. The minimum atomic E-state index is -0.792. The van der Waals surface area contributed by atoms with Gasteiger partial charge in [-0.25, -0.2) is 19.6 Å². The fourth-order valence-electron chi connectivity index (χ4n) is 2.49. The molecule has 0 aliphatic heterocycles. The molecule has 1 saturated carbocycles. The summed E-state index contributed by atoms with van der Waals surface area (Å²) in [6.45, 7) is 2.23. The Morgan fingerprint density at radius 2 is 1.89 bits per heavy atom. The zero-order chi connectivity index (χ0) is 13.8. The molecule has 0 bridgehead atoms. The third-order valence-electron chi connectivity index (χ3n) is 3.66. The first-order valence-corrected chi connectivity index (χ1v) is 6.69. The van der Waals surface area contributed by atoms with Gasteiger partial charge in [0, 0.05) is 12.1 Å². The number of rotatable bonds is 3. The molecule has 0 saturated heterocycles. The number of nitrogen functional groups attached to an aromatic ring is 1. The van der Waals surface area contributed by atoms with Gasteiger partial charge in [0.2, 0.25) is 0 Å². The molecule has 0 radical (unpaired) electrons. The van der Waals surface area contributed by atoms with Crippen LogP contribution in [-0.4, -0.2) is 11.0 Å². The van der Waals surface area contributed by atoms with E-state index in [1.807, 2.05) is 0 Å². The lowest BCUT2D eigenvalue weighted by Gasteiger charge is -2.18. The zero-order valence-electron chi connectivity index (χ0n) is 11.0. The van der Waals surface area contributed by atoms with Crippen molar-refractivity contribution in [2.24, 2.45) is 11.8 Å². The van der Waals surface area contributed by atoms with E-state index >= 15 is 0 Å². The maximum Gasteiger partial charge on any atom is 0.178 e. The fraction of sp³-hybridized carbons (Fsp3) is 0.615. The molecule has 19 heavy (non-hydrogen) atoms. The van der Waals surface area contributed by atoms with E-state index in [0.29, 0.717) is 5.92 Å². The molecule has 2 atom stereocenters. The second-order valence-corrected chi connectivity index (χ2v) is 5.25. The molecule has 2 rings (SSSR count). The van der Waals surface area contributed by atoms with Gasteiger partial charge in [-0.15, -0.1) is 0 Å².